The summed E-state index contributed by atoms with van der Waals surface area (Å²) in [4.78, 5) is 31.6. The first-order valence-electron chi connectivity index (χ1n) is 8.15. The Morgan fingerprint density at radius 2 is 2.11 bits per heavy atom. The van der Waals surface area contributed by atoms with Crippen LogP contribution in [0.3, 0.4) is 0 Å². The quantitative estimate of drug-likeness (QED) is 0.631. The summed E-state index contributed by atoms with van der Waals surface area (Å²) in [6.45, 7) is 0.405. The van der Waals surface area contributed by atoms with Gasteiger partial charge in [0.15, 0.2) is 23.0 Å². The molecule has 3 heterocycles. The molecule has 3 aromatic rings. The van der Waals surface area contributed by atoms with E-state index in [1.807, 2.05) is 17.5 Å². The molecule has 0 aliphatic carbocycles. The number of nitrogens with one attached hydrogen (secondary N) is 2. The number of amides is 1. The Morgan fingerprint density at radius 1 is 1.30 bits per heavy atom. The van der Waals surface area contributed by atoms with Crippen molar-refractivity contribution in [2.24, 2.45) is 0 Å². The van der Waals surface area contributed by atoms with Crippen molar-refractivity contribution in [3.63, 3.8) is 0 Å². The van der Waals surface area contributed by atoms with E-state index in [2.05, 4.69) is 15.3 Å². The maximum atomic E-state index is 12.4. The van der Waals surface area contributed by atoms with E-state index in [1.54, 1.807) is 24.3 Å². The van der Waals surface area contributed by atoms with Crippen molar-refractivity contribution in [3.05, 3.63) is 57.8 Å². The minimum absolute atomic E-state index is 0.134. The van der Waals surface area contributed by atoms with Crippen molar-refractivity contribution in [2.75, 3.05) is 13.2 Å². The Morgan fingerprint density at radius 3 is 2.89 bits per heavy atom. The number of hydrogen-bond donors (Lipinski definition) is 3. The summed E-state index contributed by atoms with van der Waals surface area (Å²) >= 11 is 1.36. The van der Waals surface area contributed by atoms with Crippen molar-refractivity contribution >= 4 is 17.2 Å². The first-order chi connectivity index (χ1) is 13.1. The van der Waals surface area contributed by atoms with Gasteiger partial charge in [-0.25, -0.2) is 4.98 Å². The summed E-state index contributed by atoms with van der Waals surface area (Å²) in [7, 11) is 0. The molecule has 1 aromatic carbocycles. The first kappa shape index (κ1) is 17.1. The fourth-order valence-corrected chi connectivity index (χ4v) is 3.28. The monoisotopic (exact) mass is 385 g/mol. The van der Waals surface area contributed by atoms with Crippen LogP contribution in [0.25, 0.3) is 10.7 Å². The lowest BCUT2D eigenvalue weighted by Crippen LogP contribution is -2.41. The largest absolute Gasteiger partial charge is 0.501 e. The Hall–Kier alpha value is -3.33. The number of carbonyl (C=O) groups excluding carboxylic acids is 1. The first-order valence-corrected chi connectivity index (χ1v) is 9.03. The highest BCUT2D eigenvalue weighted by atomic mass is 32.1. The number of ether oxygens (including phenoxy) is 2. The number of H-pyrrole nitrogens is 1. The van der Waals surface area contributed by atoms with Gasteiger partial charge >= 0.3 is 0 Å². The summed E-state index contributed by atoms with van der Waals surface area (Å²) in [5, 5.41) is 14.4. The summed E-state index contributed by atoms with van der Waals surface area (Å²) in [6.07, 6.45) is -0.398. The number of hydrogen-bond acceptors (Lipinski definition) is 7. The molecule has 138 valence electrons. The molecule has 2 aromatic heterocycles. The molecule has 0 saturated heterocycles. The SMILES string of the molecule is O=C(NCC1COc2ccccc2O1)c1nc(-c2cccs2)[nH]c(=O)c1O. The van der Waals surface area contributed by atoms with Crippen LogP contribution >= 0.6 is 11.3 Å². The summed E-state index contributed by atoms with van der Waals surface area (Å²) in [6, 6.07) is 10.8. The molecule has 1 aliphatic rings. The zero-order valence-electron chi connectivity index (χ0n) is 14.0. The Bertz CT molecular complexity index is 1030. The van der Waals surface area contributed by atoms with Gasteiger partial charge in [0.25, 0.3) is 11.5 Å². The molecule has 1 atom stereocenters. The predicted molar refractivity (Wildman–Crippen MR) is 98.5 cm³/mol. The van der Waals surface area contributed by atoms with Gasteiger partial charge in [0.2, 0.25) is 5.75 Å². The zero-order valence-corrected chi connectivity index (χ0v) is 14.8. The van der Waals surface area contributed by atoms with E-state index in [0.717, 1.165) is 0 Å². The number of aromatic amines is 1. The molecule has 4 rings (SSSR count). The number of nitrogens with zero attached hydrogens (tertiary/aromatic N) is 1. The lowest BCUT2D eigenvalue weighted by Gasteiger charge is -2.26. The average Bonchev–Trinajstić information content (AvgIpc) is 3.23. The lowest BCUT2D eigenvalue weighted by molar-refractivity contribution is 0.0784. The normalized spacial score (nSPS) is 15.3. The van der Waals surface area contributed by atoms with Crippen LogP contribution in [-0.4, -0.2) is 40.2 Å². The highest BCUT2D eigenvalue weighted by molar-refractivity contribution is 7.13. The van der Waals surface area contributed by atoms with Gasteiger partial charge < -0.3 is 24.9 Å². The molecule has 0 radical (unpaired) electrons. The van der Waals surface area contributed by atoms with E-state index >= 15 is 0 Å². The second-order valence-electron chi connectivity index (χ2n) is 5.80. The van der Waals surface area contributed by atoms with Crippen LogP contribution in [0.2, 0.25) is 0 Å². The summed E-state index contributed by atoms with van der Waals surface area (Å²) in [5.74, 6) is 0.0802. The Balaban J connectivity index is 1.48. The molecule has 27 heavy (non-hydrogen) atoms. The number of para-hydroxylation sites is 2. The molecule has 0 spiro atoms. The third-order valence-corrected chi connectivity index (χ3v) is 4.80. The van der Waals surface area contributed by atoms with Crippen LogP contribution in [-0.2, 0) is 0 Å². The fraction of sp³-hybridized carbons (Fsp3) is 0.167. The third-order valence-electron chi connectivity index (χ3n) is 3.92. The Kier molecular flexibility index (Phi) is 4.51. The van der Waals surface area contributed by atoms with Crippen molar-refractivity contribution < 1.29 is 19.4 Å². The number of fused-ring (bicyclic) bond motifs is 1. The van der Waals surface area contributed by atoms with Gasteiger partial charge in [-0.2, -0.15) is 0 Å². The molecular formula is C18H15N3O5S. The van der Waals surface area contributed by atoms with E-state index in [9.17, 15) is 14.7 Å². The van der Waals surface area contributed by atoms with Gasteiger partial charge in [-0.15, -0.1) is 11.3 Å². The predicted octanol–water partition coefficient (Wildman–Crippen LogP) is 1.77. The minimum atomic E-state index is -0.773. The van der Waals surface area contributed by atoms with Crippen LogP contribution in [0, 0.1) is 0 Å². The topological polar surface area (TPSA) is 114 Å². The molecule has 1 aliphatic heterocycles. The highest BCUT2D eigenvalue weighted by Gasteiger charge is 2.23. The van der Waals surface area contributed by atoms with Crippen LogP contribution in [0.1, 0.15) is 10.5 Å². The van der Waals surface area contributed by atoms with E-state index in [1.165, 1.54) is 11.3 Å². The zero-order chi connectivity index (χ0) is 18.8. The van der Waals surface area contributed by atoms with Crippen molar-refractivity contribution in [2.45, 2.75) is 6.10 Å². The van der Waals surface area contributed by atoms with Crippen LogP contribution in [0.5, 0.6) is 17.2 Å². The third kappa shape index (κ3) is 3.49. The molecule has 9 heteroatoms. The van der Waals surface area contributed by atoms with Crippen LogP contribution in [0.4, 0.5) is 0 Å². The van der Waals surface area contributed by atoms with Gasteiger partial charge in [0, 0.05) is 0 Å². The molecule has 0 fully saturated rings. The standard InChI is InChI=1S/C18H15N3O5S/c22-15-14(20-16(21-18(15)24)13-6-3-7-27-13)17(23)19-8-10-9-25-11-4-1-2-5-12(11)26-10/h1-7,10,22H,8-9H2,(H,19,23)(H,20,21,24). The number of aromatic hydroxyl groups is 1. The van der Waals surface area contributed by atoms with Crippen molar-refractivity contribution in [1.82, 2.24) is 15.3 Å². The smallest absolute Gasteiger partial charge is 0.294 e. The molecule has 0 saturated carbocycles. The number of benzene rings is 1. The lowest BCUT2D eigenvalue weighted by atomic mass is 10.2. The van der Waals surface area contributed by atoms with Crippen molar-refractivity contribution in [1.29, 1.82) is 0 Å². The van der Waals surface area contributed by atoms with Gasteiger partial charge in [0.05, 0.1) is 11.4 Å². The van der Waals surface area contributed by atoms with Crippen LogP contribution in [0.15, 0.2) is 46.6 Å². The van der Waals surface area contributed by atoms with Gasteiger partial charge in [-0.3, -0.25) is 9.59 Å². The average molecular weight is 385 g/mol. The molecular weight excluding hydrogens is 370 g/mol. The maximum absolute atomic E-state index is 12.4. The van der Waals surface area contributed by atoms with Gasteiger partial charge in [0.1, 0.15) is 12.7 Å². The van der Waals surface area contributed by atoms with Crippen molar-refractivity contribution in [3.8, 4) is 28.0 Å². The van der Waals surface area contributed by atoms with Gasteiger partial charge in [-0.05, 0) is 23.6 Å². The summed E-state index contributed by atoms with van der Waals surface area (Å²) < 4.78 is 11.4. The second-order valence-corrected chi connectivity index (χ2v) is 6.74. The van der Waals surface area contributed by atoms with E-state index in [4.69, 9.17) is 9.47 Å². The maximum Gasteiger partial charge on any atom is 0.294 e. The van der Waals surface area contributed by atoms with Gasteiger partial charge in [-0.1, -0.05) is 18.2 Å². The van der Waals surface area contributed by atoms with E-state index < -0.39 is 23.3 Å². The molecule has 1 amide bonds. The van der Waals surface area contributed by atoms with E-state index in [0.29, 0.717) is 16.4 Å². The Labute approximate surface area is 157 Å². The molecule has 8 nitrogen and oxygen atoms in total. The molecule has 0 bridgehead atoms. The summed E-state index contributed by atoms with van der Waals surface area (Å²) in [5.41, 5.74) is -1.11. The minimum Gasteiger partial charge on any atom is -0.501 e. The molecule has 1 unspecified atom stereocenters. The number of aromatic nitrogens is 2. The highest BCUT2D eigenvalue weighted by Crippen LogP contribution is 2.30. The molecule has 3 N–H and O–H groups in total. The number of thiophene rings is 1. The number of carbonyl (C=O) groups is 1. The second kappa shape index (κ2) is 7.12. The van der Waals surface area contributed by atoms with Crippen LogP contribution < -0.4 is 20.3 Å². The fourth-order valence-electron chi connectivity index (χ4n) is 2.61. The van der Waals surface area contributed by atoms with E-state index in [-0.39, 0.29) is 24.7 Å². The number of rotatable bonds is 4.